The number of carbonyl (C=O) groups excluding carboxylic acids is 2. The van der Waals surface area contributed by atoms with Crippen LogP contribution in [0.1, 0.15) is 11.1 Å². The number of hydrogen-bond acceptors (Lipinski definition) is 4. The Morgan fingerprint density at radius 3 is 2.59 bits per heavy atom. The zero-order chi connectivity index (χ0) is 20.5. The number of nitrogens with zero attached hydrogens (tertiary/aromatic N) is 1. The molecule has 8 nitrogen and oxygen atoms in total. The molecule has 2 heterocycles. The van der Waals surface area contributed by atoms with E-state index in [0.29, 0.717) is 22.9 Å². The molecule has 1 saturated heterocycles. The Bertz CT molecular complexity index is 1050. The van der Waals surface area contributed by atoms with Crippen molar-refractivity contribution in [2.45, 2.75) is 24.9 Å². The first-order chi connectivity index (χ1) is 14.0. The lowest BCUT2D eigenvalue weighted by Gasteiger charge is -2.36. The molecule has 1 aliphatic rings. The average molecular weight is 394 g/mol. The second kappa shape index (κ2) is 7.67. The second-order valence-corrected chi connectivity index (χ2v) is 7.27. The summed E-state index contributed by atoms with van der Waals surface area (Å²) in [7, 11) is 1.62. The molecule has 29 heavy (non-hydrogen) atoms. The Balaban J connectivity index is 1.57. The number of H-pyrrole nitrogens is 1. The van der Waals surface area contributed by atoms with Crippen LogP contribution >= 0.6 is 0 Å². The van der Waals surface area contributed by atoms with Crippen molar-refractivity contribution < 1.29 is 20.0 Å². The molecule has 4 rings (SSSR count). The highest BCUT2D eigenvalue weighted by molar-refractivity contribution is 5.98. The number of benzene rings is 2. The Morgan fingerprint density at radius 2 is 1.86 bits per heavy atom. The maximum absolute atomic E-state index is 12.9. The molecule has 8 heteroatoms. The first-order valence-electron chi connectivity index (χ1n) is 9.39. The van der Waals surface area contributed by atoms with E-state index in [0.717, 1.165) is 5.56 Å². The zero-order valence-corrected chi connectivity index (χ0v) is 15.9. The molecule has 0 aliphatic carbocycles. The second-order valence-electron chi connectivity index (χ2n) is 7.27. The molecule has 3 aromatic rings. The van der Waals surface area contributed by atoms with E-state index in [-0.39, 0.29) is 23.9 Å². The fourth-order valence-electron chi connectivity index (χ4n) is 3.93. The van der Waals surface area contributed by atoms with E-state index in [2.05, 4.69) is 10.3 Å². The highest BCUT2D eigenvalue weighted by Crippen LogP contribution is 2.27. The molecule has 3 atom stereocenters. The van der Waals surface area contributed by atoms with Crippen LogP contribution in [0.25, 0.3) is 10.9 Å². The van der Waals surface area contributed by atoms with Gasteiger partial charge < -0.3 is 20.4 Å². The van der Waals surface area contributed by atoms with Crippen molar-refractivity contribution in [2.75, 3.05) is 7.05 Å². The molecular weight excluding hydrogens is 372 g/mol. The summed E-state index contributed by atoms with van der Waals surface area (Å²) in [6.07, 6.45) is 2.37. The highest BCUT2D eigenvalue weighted by Gasteiger charge is 2.38. The van der Waals surface area contributed by atoms with Gasteiger partial charge in [0.15, 0.2) is 5.69 Å². The quantitative estimate of drug-likeness (QED) is 0.477. The van der Waals surface area contributed by atoms with Crippen molar-refractivity contribution in [3.63, 3.8) is 0 Å². The van der Waals surface area contributed by atoms with E-state index in [1.807, 2.05) is 30.3 Å². The number of aromatic nitrogens is 1. The number of carbonyl (C=O) groups is 2. The van der Waals surface area contributed by atoms with Gasteiger partial charge in [-0.25, -0.2) is 5.21 Å². The first-order valence-corrected chi connectivity index (χ1v) is 9.39. The van der Waals surface area contributed by atoms with Gasteiger partial charge in [-0.1, -0.05) is 36.4 Å². The van der Waals surface area contributed by atoms with Gasteiger partial charge in [-0.3, -0.25) is 9.59 Å². The lowest BCUT2D eigenvalue weighted by molar-refractivity contribution is -0.990. The summed E-state index contributed by atoms with van der Waals surface area (Å²) in [5.41, 5.74) is 2.53. The van der Waals surface area contributed by atoms with E-state index >= 15 is 0 Å². The predicted molar refractivity (Wildman–Crippen MR) is 106 cm³/mol. The lowest BCUT2D eigenvalue weighted by Crippen LogP contribution is -2.99. The van der Waals surface area contributed by atoms with Crippen LogP contribution in [0.3, 0.4) is 0 Å². The van der Waals surface area contributed by atoms with Crippen LogP contribution < -0.4 is 10.5 Å². The smallest absolute Gasteiger partial charge is 0.245 e. The summed E-state index contributed by atoms with van der Waals surface area (Å²) in [4.78, 5) is 30.2. The van der Waals surface area contributed by atoms with Crippen LogP contribution in [0.5, 0.6) is 0 Å². The summed E-state index contributed by atoms with van der Waals surface area (Å²) < 4.78 is 0. The number of rotatable bonds is 5. The van der Waals surface area contributed by atoms with Crippen molar-refractivity contribution in [1.29, 1.82) is 0 Å². The van der Waals surface area contributed by atoms with Crippen LogP contribution in [-0.4, -0.2) is 46.0 Å². The molecule has 1 fully saturated rings. The Hall–Kier alpha value is -3.20. The maximum Gasteiger partial charge on any atom is 0.245 e. The lowest BCUT2D eigenvalue weighted by atomic mass is 9.96. The first kappa shape index (κ1) is 19.1. The zero-order valence-electron chi connectivity index (χ0n) is 15.9. The third kappa shape index (κ3) is 3.61. The number of likely N-dealkylation sites (N-methyl/N-ethyl adjacent to an activating group) is 1. The van der Waals surface area contributed by atoms with Crippen molar-refractivity contribution >= 4 is 28.4 Å². The molecule has 1 aliphatic heterocycles. The number of amides is 2. The standard InChI is InChI=1S/C21H22N4O4/c1-24-18(11-14-12-22-15-8-5-9-17(19(14)15)25(28)29)20(26)23-16(21(24)27)10-13-6-3-2-4-7-13/h2-9,12,16,18,22,25,28H,10-11H2,1H3,(H,23,26)/t16-,18-/m0/s1. The van der Waals surface area contributed by atoms with E-state index in [1.165, 1.54) is 11.0 Å². The van der Waals surface area contributed by atoms with Gasteiger partial charge in [-0.2, -0.15) is 5.23 Å². The average Bonchev–Trinajstić information content (AvgIpc) is 3.13. The molecule has 150 valence electrons. The highest BCUT2D eigenvalue weighted by atomic mass is 16.8. The van der Waals surface area contributed by atoms with Crippen molar-refractivity contribution in [2.24, 2.45) is 0 Å². The summed E-state index contributed by atoms with van der Waals surface area (Å²) >= 11 is 0. The Labute approximate surface area is 167 Å². The molecule has 0 radical (unpaired) electrons. The normalized spacial score (nSPS) is 20.7. The molecular formula is C21H22N4O4. The number of piperazine rings is 1. The topological polar surface area (TPSA) is 113 Å². The van der Waals surface area contributed by atoms with Gasteiger partial charge in [-0.15, -0.1) is 0 Å². The minimum absolute atomic E-state index is 0.156. The predicted octanol–water partition coefficient (Wildman–Crippen LogP) is 0.682. The van der Waals surface area contributed by atoms with Crippen LogP contribution in [0.2, 0.25) is 0 Å². The van der Waals surface area contributed by atoms with Gasteiger partial charge in [-0.05, 0) is 17.2 Å². The molecule has 0 spiro atoms. The molecule has 2 aromatic carbocycles. The third-order valence-corrected chi connectivity index (χ3v) is 5.45. The van der Waals surface area contributed by atoms with E-state index in [1.54, 1.807) is 25.4 Å². The van der Waals surface area contributed by atoms with Gasteiger partial charge in [0.1, 0.15) is 12.1 Å². The van der Waals surface area contributed by atoms with Crippen LogP contribution in [0.4, 0.5) is 5.69 Å². The number of quaternary nitrogens is 1. The van der Waals surface area contributed by atoms with E-state index < -0.39 is 17.3 Å². The fraction of sp³-hybridized carbons (Fsp3) is 0.238. The van der Waals surface area contributed by atoms with Crippen LogP contribution in [-0.2, 0) is 22.4 Å². The summed E-state index contributed by atoms with van der Waals surface area (Å²) in [5, 5.41) is 23.5. The SMILES string of the molecule is CN1C(=O)[C@H](Cc2ccccc2)NC(=O)[C@@H]1Cc1c[nH]c2cccc([NH+]([O-])O)c12. The Morgan fingerprint density at radius 1 is 1.10 bits per heavy atom. The van der Waals surface area contributed by atoms with Crippen LogP contribution in [0, 0.1) is 5.21 Å². The van der Waals surface area contributed by atoms with Crippen molar-refractivity contribution in [1.82, 2.24) is 15.2 Å². The summed E-state index contributed by atoms with van der Waals surface area (Å²) in [6.45, 7) is 0. The molecule has 1 aromatic heterocycles. The van der Waals surface area contributed by atoms with Crippen molar-refractivity contribution in [3.8, 4) is 0 Å². The fourth-order valence-corrected chi connectivity index (χ4v) is 3.93. The largest absolute Gasteiger partial charge is 0.595 e. The van der Waals surface area contributed by atoms with Crippen LogP contribution in [0.15, 0.2) is 54.7 Å². The number of hydrogen-bond donors (Lipinski definition) is 4. The number of nitrogens with one attached hydrogen (secondary N) is 3. The third-order valence-electron chi connectivity index (χ3n) is 5.45. The monoisotopic (exact) mass is 394 g/mol. The van der Waals surface area contributed by atoms with E-state index in [9.17, 15) is 20.0 Å². The van der Waals surface area contributed by atoms with Gasteiger partial charge in [0, 0.05) is 32.2 Å². The van der Waals surface area contributed by atoms with Gasteiger partial charge in [0.05, 0.1) is 10.9 Å². The molecule has 2 amide bonds. The summed E-state index contributed by atoms with van der Waals surface area (Å²) in [5.74, 6) is -0.396. The summed E-state index contributed by atoms with van der Waals surface area (Å²) in [6, 6.07) is 13.2. The molecule has 0 bridgehead atoms. The minimum Gasteiger partial charge on any atom is -0.595 e. The maximum atomic E-state index is 12.9. The van der Waals surface area contributed by atoms with E-state index in [4.69, 9.17) is 0 Å². The Kier molecular flexibility index (Phi) is 5.06. The van der Waals surface area contributed by atoms with Gasteiger partial charge in [0.2, 0.25) is 11.8 Å². The molecule has 1 unspecified atom stereocenters. The van der Waals surface area contributed by atoms with Gasteiger partial charge in [0.25, 0.3) is 0 Å². The molecule has 4 N–H and O–H groups in total. The van der Waals surface area contributed by atoms with Crippen molar-refractivity contribution in [3.05, 3.63) is 71.1 Å². The number of aromatic amines is 1. The van der Waals surface area contributed by atoms with Gasteiger partial charge >= 0.3 is 0 Å². The minimum atomic E-state index is -1.03. The number of fused-ring (bicyclic) bond motifs is 1. The molecule has 0 saturated carbocycles.